The van der Waals surface area contributed by atoms with Crippen molar-refractivity contribution in [3.05, 3.63) is 15.6 Å². The summed E-state index contributed by atoms with van der Waals surface area (Å²) in [6, 6.07) is 0. The number of methoxy groups -OCH3 is 1. The van der Waals surface area contributed by atoms with Crippen LogP contribution in [-0.4, -0.2) is 49.1 Å². The van der Waals surface area contributed by atoms with Crippen LogP contribution in [0.2, 0.25) is 0 Å². The van der Waals surface area contributed by atoms with Gasteiger partial charge in [0.25, 0.3) is 5.91 Å². The van der Waals surface area contributed by atoms with Crippen LogP contribution in [0.5, 0.6) is 0 Å². The maximum Gasteiger partial charge on any atom is 0.263 e. The van der Waals surface area contributed by atoms with Crippen LogP contribution in [0.1, 0.15) is 33.2 Å². The molecule has 0 atom stereocenters. The van der Waals surface area contributed by atoms with E-state index in [1.54, 1.807) is 7.11 Å². The molecule has 0 unspecified atom stereocenters. The molecule has 1 N–H and O–H groups in total. The van der Waals surface area contributed by atoms with E-state index in [-0.39, 0.29) is 5.91 Å². The second kappa shape index (κ2) is 6.98. The molecule has 0 spiro atoms. The van der Waals surface area contributed by atoms with Crippen molar-refractivity contribution in [1.29, 1.82) is 0 Å². The Morgan fingerprint density at radius 1 is 1.47 bits per heavy atom. The number of hydrogen-bond acceptors (Lipinski definition) is 5. The van der Waals surface area contributed by atoms with E-state index in [0.29, 0.717) is 13.2 Å². The summed E-state index contributed by atoms with van der Waals surface area (Å²) in [7, 11) is 1.62. The molecule has 1 amide bonds. The first-order valence-electron chi connectivity index (χ1n) is 6.66. The Kier molecular flexibility index (Phi) is 5.30. The Hall–Kier alpha value is -0.980. The van der Waals surface area contributed by atoms with Gasteiger partial charge in [0.15, 0.2) is 0 Å². The van der Waals surface area contributed by atoms with Crippen molar-refractivity contribution in [3.8, 4) is 0 Å². The Labute approximate surface area is 118 Å². The number of rotatable bonds is 6. The van der Waals surface area contributed by atoms with Gasteiger partial charge in [0.1, 0.15) is 9.88 Å². The first kappa shape index (κ1) is 14.4. The number of ether oxygens (including phenoxy) is 1. The van der Waals surface area contributed by atoms with Crippen LogP contribution in [0.15, 0.2) is 0 Å². The first-order valence-corrected chi connectivity index (χ1v) is 7.48. The monoisotopic (exact) mass is 283 g/mol. The van der Waals surface area contributed by atoms with Crippen molar-refractivity contribution in [1.82, 2.24) is 15.2 Å². The van der Waals surface area contributed by atoms with Crippen LogP contribution >= 0.6 is 11.3 Å². The molecular weight excluding hydrogens is 262 g/mol. The van der Waals surface area contributed by atoms with Crippen molar-refractivity contribution in [2.45, 2.75) is 26.3 Å². The molecule has 2 heterocycles. The normalized spacial score (nSPS) is 15.9. The molecule has 1 fully saturated rings. The largest absolute Gasteiger partial charge is 0.383 e. The first-order chi connectivity index (χ1) is 9.20. The lowest BCUT2D eigenvalue weighted by Gasteiger charge is -2.11. The van der Waals surface area contributed by atoms with Gasteiger partial charge >= 0.3 is 0 Å². The number of hydrogen-bond donors (Lipinski definition) is 1. The minimum atomic E-state index is -0.0419. The zero-order chi connectivity index (χ0) is 13.7. The zero-order valence-corrected chi connectivity index (χ0v) is 12.4. The highest BCUT2D eigenvalue weighted by Crippen LogP contribution is 2.21. The summed E-state index contributed by atoms with van der Waals surface area (Å²) >= 11 is 1.51. The summed E-state index contributed by atoms with van der Waals surface area (Å²) in [5, 5.41) is 3.88. The van der Waals surface area contributed by atoms with Gasteiger partial charge in [-0.25, -0.2) is 4.98 Å². The number of nitrogens with zero attached hydrogens (tertiary/aromatic N) is 2. The maximum absolute atomic E-state index is 12.0. The fourth-order valence-corrected chi connectivity index (χ4v) is 3.23. The van der Waals surface area contributed by atoms with Crippen LogP contribution in [-0.2, 0) is 11.3 Å². The quantitative estimate of drug-likeness (QED) is 0.802. The van der Waals surface area contributed by atoms with E-state index in [0.717, 1.165) is 35.2 Å². The Morgan fingerprint density at radius 2 is 2.21 bits per heavy atom. The number of carbonyl (C=O) groups is 1. The molecule has 5 nitrogen and oxygen atoms in total. The maximum atomic E-state index is 12.0. The summed E-state index contributed by atoms with van der Waals surface area (Å²) in [6.45, 7) is 6.13. The van der Waals surface area contributed by atoms with E-state index in [1.807, 2.05) is 6.92 Å². The molecule has 1 aromatic heterocycles. The van der Waals surface area contributed by atoms with Gasteiger partial charge < -0.3 is 10.1 Å². The summed E-state index contributed by atoms with van der Waals surface area (Å²) in [4.78, 5) is 19.6. The third-order valence-electron chi connectivity index (χ3n) is 3.20. The van der Waals surface area contributed by atoms with Crippen LogP contribution in [0.4, 0.5) is 0 Å². The zero-order valence-electron chi connectivity index (χ0n) is 11.6. The van der Waals surface area contributed by atoms with E-state index in [4.69, 9.17) is 4.74 Å². The molecule has 106 valence electrons. The summed E-state index contributed by atoms with van der Waals surface area (Å²) in [5.41, 5.74) is 0.828. The molecule has 0 radical (unpaired) electrons. The van der Waals surface area contributed by atoms with Crippen molar-refractivity contribution in [2.24, 2.45) is 0 Å². The van der Waals surface area contributed by atoms with Gasteiger partial charge in [0.2, 0.25) is 0 Å². The molecule has 1 aliphatic rings. The smallest absolute Gasteiger partial charge is 0.263 e. The number of aryl methyl sites for hydroxylation is 1. The third-order valence-corrected chi connectivity index (χ3v) is 4.34. The minimum absolute atomic E-state index is 0.0419. The van der Waals surface area contributed by atoms with Gasteiger partial charge in [0, 0.05) is 13.7 Å². The fourth-order valence-electron chi connectivity index (χ4n) is 2.21. The second-order valence-corrected chi connectivity index (χ2v) is 5.84. The highest BCUT2D eigenvalue weighted by atomic mass is 32.1. The van der Waals surface area contributed by atoms with Gasteiger partial charge in [-0.2, -0.15) is 0 Å². The predicted octanol–water partition coefficient (Wildman–Crippen LogP) is 1.42. The highest BCUT2D eigenvalue weighted by Gasteiger charge is 2.18. The highest BCUT2D eigenvalue weighted by molar-refractivity contribution is 7.13. The van der Waals surface area contributed by atoms with Crippen molar-refractivity contribution in [3.63, 3.8) is 0 Å². The SMILES string of the molecule is COCCNC(=O)c1sc(CN2CCCC2)nc1C. The lowest BCUT2D eigenvalue weighted by Crippen LogP contribution is -2.26. The molecule has 2 rings (SSSR count). The second-order valence-electron chi connectivity index (χ2n) is 4.75. The van der Waals surface area contributed by atoms with Crippen molar-refractivity contribution < 1.29 is 9.53 Å². The Balaban J connectivity index is 1.93. The molecule has 1 aliphatic heterocycles. The van der Waals surface area contributed by atoms with Crippen LogP contribution in [0, 0.1) is 6.92 Å². The van der Waals surface area contributed by atoms with Crippen molar-refractivity contribution in [2.75, 3.05) is 33.4 Å². The van der Waals surface area contributed by atoms with E-state index < -0.39 is 0 Å². The topological polar surface area (TPSA) is 54.5 Å². The van der Waals surface area contributed by atoms with Crippen LogP contribution in [0.25, 0.3) is 0 Å². The van der Waals surface area contributed by atoms with Gasteiger partial charge in [-0.1, -0.05) is 0 Å². The van der Waals surface area contributed by atoms with Gasteiger partial charge in [-0.3, -0.25) is 9.69 Å². The number of nitrogens with one attached hydrogen (secondary N) is 1. The summed E-state index contributed by atoms with van der Waals surface area (Å²) < 4.78 is 4.92. The molecule has 19 heavy (non-hydrogen) atoms. The van der Waals surface area contributed by atoms with Crippen LogP contribution < -0.4 is 5.32 Å². The van der Waals surface area contributed by atoms with Crippen molar-refractivity contribution >= 4 is 17.2 Å². The molecular formula is C13H21N3O2S. The predicted molar refractivity (Wildman–Crippen MR) is 75.6 cm³/mol. The number of amides is 1. The Bertz CT molecular complexity index is 428. The number of carbonyl (C=O) groups excluding carboxylic acids is 1. The lowest BCUT2D eigenvalue weighted by molar-refractivity contribution is 0.0940. The minimum Gasteiger partial charge on any atom is -0.383 e. The van der Waals surface area contributed by atoms with E-state index in [1.165, 1.54) is 24.2 Å². The third kappa shape index (κ3) is 3.99. The molecule has 0 aliphatic carbocycles. The average molecular weight is 283 g/mol. The van der Waals surface area contributed by atoms with E-state index in [2.05, 4.69) is 15.2 Å². The summed E-state index contributed by atoms with van der Waals surface area (Å²) in [6.07, 6.45) is 2.55. The number of thiazole rings is 1. The standard InChI is InChI=1S/C13H21N3O2S/c1-10-12(13(17)14-5-8-18-2)19-11(15-10)9-16-6-3-4-7-16/h3-9H2,1-2H3,(H,14,17). The number of likely N-dealkylation sites (tertiary alicyclic amines) is 1. The van der Waals surface area contributed by atoms with Gasteiger partial charge in [-0.15, -0.1) is 11.3 Å². The average Bonchev–Trinajstić information content (AvgIpc) is 3.00. The molecule has 1 aromatic rings. The summed E-state index contributed by atoms with van der Waals surface area (Å²) in [5.74, 6) is -0.0419. The number of aromatic nitrogens is 1. The molecule has 1 saturated heterocycles. The van der Waals surface area contributed by atoms with Gasteiger partial charge in [-0.05, 0) is 32.9 Å². The molecule has 0 saturated carbocycles. The van der Waals surface area contributed by atoms with E-state index >= 15 is 0 Å². The van der Waals surface area contributed by atoms with Crippen LogP contribution in [0.3, 0.4) is 0 Å². The van der Waals surface area contributed by atoms with Gasteiger partial charge in [0.05, 0.1) is 18.8 Å². The molecule has 0 aromatic carbocycles. The fraction of sp³-hybridized carbons (Fsp3) is 0.692. The van der Waals surface area contributed by atoms with E-state index in [9.17, 15) is 4.79 Å². The lowest BCUT2D eigenvalue weighted by atomic mass is 10.4. The Morgan fingerprint density at radius 3 is 2.89 bits per heavy atom. The molecule has 6 heteroatoms. The molecule has 0 bridgehead atoms.